The Kier molecular flexibility index (Phi) is 4.78. The summed E-state index contributed by atoms with van der Waals surface area (Å²) in [6, 6.07) is 9.36. The number of nitrogens with zero attached hydrogens (tertiary/aromatic N) is 1. The normalized spacial score (nSPS) is 10.8. The van der Waals surface area contributed by atoms with E-state index in [4.69, 9.17) is 5.11 Å². The quantitative estimate of drug-likeness (QED) is 0.834. The minimum absolute atomic E-state index is 0.125. The Morgan fingerprint density at radius 1 is 1.18 bits per heavy atom. The molecule has 0 saturated carbocycles. The maximum atomic E-state index is 12.2. The molecule has 0 aliphatic carbocycles. The summed E-state index contributed by atoms with van der Waals surface area (Å²) in [6.45, 7) is 4.01. The van der Waals surface area contributed by atoms with Gasteiger partial charge in [-0.3, -0.25) is 4.79 Å². The second-order valence-corrected chi connectivity index (χ2v) is 5.05. The Hall–Kier alpha value is -2.82. The standard InChI is InChI=1S/C17H18N2O3/c1-12-5-3-6-13(2)17(12)18-15(20)11-19-10-4-7-14(19)8-9-16(21)22/h3-10H,11H2,1-2H3,(H,18,20)(H,21,22)/b9-8+. The van der Waals surface area contributed by atoms with E-state index in [1.165, 1.54) is 6.08 Å². The topological polar surface area (TPSA) is 71.3 Å². The number of carbonyl (C=O) groups excluding carboxylic acids is 1. The summed E-state index contributed by atoms with van der Waals surface area (Å²) in [7, 11) is 0. The predicted octanol–water partition coefficient (Wildman–Crippen LogP) is 2.84. The molecule has 0 atom stereocenters. The molecule has 1 amide bonds. The van der Waals surface area contributed by atoms with Crippen LogP contribution in [0, 0.1) is 13.8 Å². The number of benzene rings is 1. The third-order valence-corrected chi connectivity index (χ3v) is 3.32. The van der Waals surface area contributed by atoms with E-state index < -0.39 is 5.97 Å². The highest BCUT2D eigenvalue weighted by Gasteiger charge is 2.09. The van der Waals surface area contributed by atoms with E-state index in [1.807, 2.05) is 32.0 Å². The van der Waals surface area contributed by atoms with Crippen LogP contribution in [0.15, 0.2) is 42.6 Å². The Bertz CT molecular complexity index is 709. The highest BCUT2D eigenvalue weighted by atomic mass is 16.4. The molecule has 1 aromatic heterocycles. The van der Waals surface area contributed by atoms with Crippen molar-refractivity contribution in [2.75, 3.05) is 5.32 Å². The lowest BCUT2D eigenvalue weighted by molar-refractivity contribution is -0.131. The summed E-state index contributed by atoms with van der Waals surface area (Å²) in [5.41, 5.74) is 3.50. The molecule has 2 rings (SSSR count). The molecular formula is C17H18N2O3. The predicted molar refractivity (Wildman–Crippen MR) is 85.6 cm³/mol. The molecule has 0 bridgehead atoms. The highest BCUT2D eigenvalue weighted by molar-refractivity contribution is 5.92. The van der Waals surface area contributed by atoms with E-state index in [-0.39, 0.29) is 12.5 Å². The summed E-state index contributed by atoms with van der Waals surface area (Å²) in [5, 5.41) is 11.6. The first-order valence-electron chi connectivity index (χ1n) is 6.89. The van der Waals surface area contributed by atoms with Gasteiger partial charge in [0.1, 0.15) is 6.54 Å². The lowest BCUT2D eigenvalue weighted by Gasteiger charge is -2.12. The van der Waals surface area contributed by atoms with Crippen molar-refractivity contribution in [3.63, 3.8) is 0 Å². The molecule has 1 heterocycles. The van der Waals surface area contributed by atoms with Crippen LogP contribution >= 0.6 is 0 Å². The Morgan fingerprint density at radius 3 is 2.50 bits per heavy atom. The fourth-order valence-electron chi connectivity index (χ4n) is 2.22. The monoisotopic (exact) mass is 298 g/mol. The number of hydrogen-bond donors (Lipinski definition) is 2. The van der Waals surface area contributed by atoms with Gasteiger partial charge in [-0.15, -0.1) is 0 Å². The SMILES string of the molecule is Cc1cccc(C)c1NC(=O)Cn1cccc1/C=C/C(=O)O. The van der Waals surface area contributed by atoms with Gasteiger partial charge < -0.3 is 15.0 Å². The molecule has 2 aromatic rings. The molecule has 5 nitrogen and oxygen atoms in total. The van der Waals surface area contributed by atoms with Crippen LogP contribution in [0.3, 0.4) is 0 Å². The number of hydrogen-bond acceptors (Lipinski definition) is 2. The summed E-state index contributed by atoms with van der Waals surface area (Å²) >= 11 is 0. The van der Waals surface area contributed by atoms with E-state index in [9.17, 15) is 9.59 Å². The number of para-hydroxylation sites is 1. The van der Waals surface area contributed by atoms with E-state index in [2.05, 4.69) is 5.32 Å². The largest absolute Gasteiger partial charge is 0.478 e. The number of carboxylic acids is 1. The van der Waals surface area contributed by atoms with Crippen molar-refractivity contribution in [1.82, 2.24) is 4.57 Å². The second kappa shape index (κ2) is 6.76. The van der Waals surface area contributed by atoms with Gasteiger partial charge in [0.05, 0.1) is 0 Å². The number of rotatable bonds is 5. The molecule has 114 valence electrons. The zero-order valence-corrected chi connectivity index (χ0v) is 12.5. The van der Waals surface area contributed by atoms with Gasteiger partial charge >= 0.3 is 5.97 Å². The lowest BCUT2D eigenvalue weighted by atomic mass is 10.1. The molecule has 5 heteroatoms. The summed E-state index contributed by atoms with van der Waals surface area (Å²) in [4.78, 5) is 22.8. The molecule has 0 fully saturated rings. The molecule has 1 aromatic carbocycles. The maximum absolute atomic E-state index is 12.2. The zero-order chi connectivity index (χ0) is 16.1. The number of anilines is 1. The van der Waals surface area contributed by atoms with Crippen LogP contribution in [0.1, 0.15) is 16.8 Å². The van der Waals surface area contributed by atoms with Gasteiger partial charge in [-0.1, -0.05) is 18.2 Å². The molecule has 0 aliphatic heterocycles. The average Bonchev–Trinajstić information content (AvgIpc) is 2.88. The summed E-state index contributed by atoms with van der Waals surface area (Å²) in [5.74, 6) is -1.17. The van der Waals surface area contributed by atoms with Crippen molar-refractivity contribution in [1.29, 1.82) is 0 Å². The average molecular weight is 298 g/mol. The molecule has 2 N–H and O–H groups in total. The molecule has 22 heavy (non-hydrogen) atoms. The number of aromatic nitrogens is 1. The third kappa shape index (κ3) is 3.85. The van der Waals surface area contributed by atoms with E-state index in [1.54, 1.807) is 22.9 Å². The van der Waals surface area contributed by atoms with Gasteiger partial charge in [0.15, 0.2) is 0 Å². The van der Waals surface area contributed by atoms with Crippen LogP contribution in [0.25, 0.3) is 6.08 Å². The third-order valence-electron chi connectivity index (χ3n) is 3.32. The Morgan fingerprint density at radius 2 is 1.86 bits per heavy atom. The van der Waals surface area contributed by atoms with E-state index in [0.717, 1.165) is 22.9 Å². The van der Waals surface area contributed by atoms with Crippen LogP contribution in [-0.4, -0.2) is 21.6 Å². The van der Waals surface area contributed by atoms with Gasteiger partial charge in [-0.05, 0) is 43.2 Å². The molecule has 0 saturated heterocycles. The molecule has 0 unspecified atom stereocenters. The fourth-order valence-corrected chi connectivity index (χ4v) is 2.22. The van der Waals surface area contributed by atoms with E-state index in [0.29, 0.717) is 5.69 Å². The van der Waals surface area contributed by atoms with Crippen LogP contribution in [0.2, 0.25) is 0 Å². The Labute approximate surface area is 128 Å². The maximum Gasteiger partial charge on any atom is 0.328 e. The van der Waals surface area contributed by atoms with Crippen molar-refractivity contribution < 1.29 is 14.7 Å². The Balaban J connectivity index is 2.10. The van der Waals surface area contributed by atoms with Crippen molar-refractivity contribution in [2.24, 2.45) is 0 Å². The van der Waals surface area contributed by atoms with Crippen molar-refractivity contribution >= 4 is 23.6 Å². The number of carboxylic acid groups (broad SMARTS) is 1. The van der Waals surface area contributed by atoms with Gasteiger partial charge in [0.2, 0.25) is 5.91 Å². The fraction of sp³-hybridized carbons (Fsp3) is 0.176. The van der Waals surface area contributed by atoms with Gasteiger partial charge in [0.25, 0.3) is 0 Å². The molecule has 0 radical (unpaired) electrons. The molecule has 0 aliphatic rings. The summed E-state index contributed by atoms with van der Waals surface area (Å²) < 4.78 is 1.70. The lowest BCUT2D eigenvalue weighted by Crippen LogP contribution is -2.20. The van der Waals surface area contributed by atoms with Crippen LogP contribution in [0.5, 0.6) is 0 Å². The first kappa shape index (κ1) is 15.6. The number of aliphatic carboxylic acids is 1. The number of nitrogens with one attached hydrogen (secondary N) is 1. The van der Waals surface area contributed by atoms with Gasteiger partial charge in [-0.2, -0.15) is 0 Å². The van der Waals surface area contributed by atoms with E-state index >= 15 is 0 Å². The van der Waals surface area contributed by atoms with Gasteiger partial charge in [-0.25, -0.2) is 4.79 Å². The zero-order valence-electron chi connectivity index (χ0n) is 12.5. The number of amides is 1. The van der Waals surface area contributed by atoms with Crippen molar-refractivity contribution in [3.05, 3.63) is 59.4 Å². The van der Waals surface area contributed by atoms with Crippen LogP contribution < -0.4 is 5.32 Å². The first-order valence-corrected chi connectivity index (χ1v) is 6.89. The van der Waals surface area contributed by atoms with Crippen LogP contribution in [-0.2, 0) is 16.1 Å². The minimum atomic E-state index is -1.02. The first-order chi connectivity index (χ1) is 10.5. The smallest absolute Gasteiger partial charge is 0.328 e. The van der Waals surface area contributed by atoms with Crippen molar-refractivity contribution in [2.45, 2.75) is 20.4 Å². The second-order valence-electron chi connectivity index (χ2n) is 5.05. The molecule has 0 spiro atoms. The highest BCUT2D eigenvalue weighted by Crippen LogP contribution is 2.19. The minimum Gasteiger partial charge on any atom is -0.478 e. The summed E-state index contributed by atoms with van der Waals surface area (Å²) in [6.07, 6.45) is 4.26. The van der Waals surface area contributed by atoms with Crippen LogP contribution in [0.4, 0.5) is 5.69 Å². The van der Waals surface area contributed by atoms with Gasteiger partial charge in [0, 0.05) is 23.7 Å². The number of aryl methyl sites for hydroxylation is 2. The number of carbonyl (C=O) groups is 2. The molecular weight excluding hydrogens is 280 g/mol. The van der Waals surface area contributed by atoms with Crippen molar-refractivity contribution in [3.8, 4) is 0 Å².